The highest BCUT2D eigenvalue weighted by atomic mass is 16.5. The summed E-state index contributed by atoms with van der Waals surface area (Å²) < 4.78 is 16.5. The summed E-state index contributed by atoms with van der Waals surface area (Å²) in [6.07, 6.45) is 0. The maximum absolute atomic E-state index is 12.0. The van der Waals surface area contributed by atoms with E-state index in [2.05, 4.69) is 4.90 Å². The summed E-state index contributed by atoms with van der Waals surface area (Å²) in [5, 5.41) is 0. The molecule has 2 aromatic carbocycles. The van der Waals surface area contributed by atoms with Gasteiger partial charge < -0.3 is 14.2 Å². The molecule has 0 atom stereocenters. The van der Waals surface area contributed by atoms with E-state index in [1.165, 1.54) is 0 Å². The first-order valence-electron chi connectivity index (χ1n) is 8.55. The molecular formula is C20H23NO4. The third-order valence-corrected chi connectivity index (χ3v) is 4.06. The second-order valence-corrected chi connectivity index (χ2v) is 5.89. The number of esters is 1. The maximum atomic E-state index is 12.0. The average Bonchev–Trinajstić information content (AvgIpc) is 2.68. The van der Waals surface area contributed by atoms with Gasteiger partial charge in [-0.15, -0.1) is 0 Å². The number of benzene rings is 2. The summed E-state index contributed by atoms with van der Waals surface area (Å²) in [5.74, 6) is 0.473. The molecule has 25 heavy (non-hydrogen) atoms. The van der Waals surface area contributed by atoms with Crippen molar-refractivity contribution < 1.29 is 19.0 Å². The Kier molecular flexibility index (Phi) is 6.42. The van der Waals surface area contributed by atoms with Crippen molar-refractivity contribution in [2.75, 3.05) is 39.5 Å². The van der Waals surface area contributed by atoms with Gasteiger partial charge in [-0.25, -0.2) is 4.79 Å². The molecule has 1 aliphatic rings. The van der Waals surface area contributed by atoms with Crippen LogP contribution in [0.3, 0.4) is 0 Å². The highest BCUT2D eigenvalue weighted by molar-refractivity contribution is 5.89. The van der Waals surface area contributed by atoms with Crippen LogP contribution in [0.2, 0.25) is 0 Å². The minimum atomic E-state index is -0.320. The van der Waals surface area contributed by atoms with Gasteiger partial charge in [0.25, 0.3) is 0 Å². The van der Waals surface area contributed by atoms with Crippen LogP contribution in [0.15, 0.2) is 54.6 Å². The third-order valence-electron chi connectivity index (χ3n) is 4.06. The normalized spacial score (nSPS) is 14.9. The van der Waals surface area contributed by atoms with Gasteiger partial charge in [0.2, 0.25) is 0 Å². The summed E-state index contributed by atoms with van der Waals surface area (Å²) >= 11 is 0. The van der Waals surface area contributed by atoms with Crippen LogP contribution in [0.4, 0.5) is 0 Å². The Morgan fingerprint density at radius 1 is 1.04 bits per heavy atom. The van der Waals surface area contributed by atoms with Gasteiger partial charge in [-0.2, -0.15) is 0 Å². The van der Waals surface area contributed by atoms with E-state index in [-0.39, 0.29) is 12.6 Å². The molecule has 2 aromatic rings. The maximum Gasteiger partial charge on any atom is 0.338 e. The molecule has 1 fully saturated rings. The second-order valence-electron chi connectivity index (χ2n) is 5.89. The first kappa shape index (κ1) is 17.5. The van der Waals surface area contributed by atoms with Gasteiger partial charge in [-0.05, 0) is 29.8 Å². The number of ether oxygens (including phenoxy) is 3. The van der Waals surface area contributed by atoms with Crippen molar-refractivity contribution >= 4 is 5.97 Å². The predicted octanol–water partition coefficient (Wildman–Crippen LogP) is 2.75. The zero-order valence-electron chi connectivity index (χ0n) is 14.2. The van der Waals surface area contributed by atoms with Crippen molar-refractivity contribution in [1.29, 1.82) is 0 Å². The smallest absolute Gasteiger partial charge is 0.338 e. The van der Waals surface area contributed by atoms with Crippen LogP contribution in [0, 0.1) is 0 Å². The fraction of sp³-hybridized carbons (Fsp3) is 0.350. The minimum absolute atomic E-state index is 0.231. The van der Waals surface area contributed by atoms with Gasteiger partial charge in [0.1, 0.15) is 19.0 Å². The van der Waals surface area contributed by atoms with Crippen LogP contribution >= 0.6 is 0 Å². The Balaban J connectivity index is 1.45. The van der Waals surface area contributed by atoms with Crippen LogP contribution in [-0.2, 0) is 16.1 Å². The average molecular weight is 341 g/mol. The van der Waals surface area contributed by atoms with Gasteiger partial charge in [0.05, 0.1) is 18.8 Å². The van der Waals surface area contributed by atoms with Crippen molar-refractivity contribution in [3.63, 3.8) is 0 Å². The number of hydrogen-bond acceptors (Lipinski definition) is 5. The van der Waals surface area contributed by atoms with Crippen LogP contribution in [0.5, 0.6) is 5.75 Å². The van der Waals surface area contributed by atoms with Crippen LogP contribution in [0.1, 0.15) is 15.9 Å². The predicted molar refractivity (Wildman–Crippen MR) is 94.8 cm³/mol. The molecule has 1 heterocycles. The lowest BCUT2D eigenvalue weighted by molar-refractivity contribution is 0.0322. The lowest BCUT2D eigenvalue weighted by Crippen LogP contribution is -2.38. The van der Waals surface area contributed by atoms with Gasteiger partial charge in [-0.3, -0.25) is 4.90 Å². The van der Waals surface area contributed by atoms with Gasteiger partial charge in [0, 0.05) is 19.6 Å². The molecule has 0 saturated carbocycles. The molecule has 0 radical (unpaired) electrons. The van der Waals surface area contributed by atoms with E-state index < -0.39 is 0 Å². The Morgan fingerprint density at radius 2 is 1.84 bits per heavy atom. The third kappa shape index (κ3) is 5.59. The lowest BCUT2D eigenvalue weighted by Gasteiger charge is -2.26. The van der Waals surface area contributed by atoms with Crippen LogP contribution < -0.4 is 4.74 Å². The number of rotatable bonds is 7. The Morgan fingerprint density at radius 3 is 2.64 bits per heavy atom. The monoisotopic (exact) mass is 341 g/mol. The van der Waals surface area contributed by atoms with E-state index in [0.717, 1.165) is 44.2 Å². The first-order valence-corrected chi connectivity index (χ1v) is 8.55. The van der Waals surface area contributed by atoms with Gasteiger partial charge in [0.15, 0.2) is 0 Å². The van der Waals surface area contributed by atoms with Crippen LogP contribution in [0.25, 0.3) is 0 Å². The SMILES string of the molecule is O=C(OCc1cccc(OCCN2CCOCC2)c1)c1ccccc1. The second kappa shape index (κ2) is 9.20. The molecule has 3 rings (SSSR count). The summed E-state index contributed by atoms with van der Waals surface area (Å²) in [7, 11) is 0. The lowest BCUT2D eigenvalue weighted by atomic mass is 10.2. The molecule has 0 bridgehead atoms. The largest absolute Gasteiger partial charge is 0.492 e. The molecule has 1 aliphatic heterocycles. The number of hydrogen-bond donors (Lipinski definition) is 0. The highest BCUT2D eigenvalue weighted by Gasteiger charge is 2.10. The molecule has 0 N–H and O–H groups in total. The fourth-order valence-electron chi connectivity index (χ4n) is 2.65. The zero-order valence-corrected chi connectivity index (χ0v) is 14.2. The fourth-order valence-corrected chi connectivity index (χ4v) is 2.65. The first-order chi connectivity index (χ1) is 12.3. The molecule has 1 saturated heterocycles. The van der Waals surface area contributed by atoms with Gasteiger partial charge in [-0.1, -0.05) is 30.3 Å². The number of carbonyl (C=O) groups excluding carboxylic acids is 1. The van der Waals surface area contributed by atoms with E-state index in [9.17, 15) is 4.79 Å². The van der Waals surface area contributed by atoms with Crippen molar-refractivity contribution in [3.05, 3.63) is 65.7 Å². The Hall–Kier alpha value is -2.37. The standard InChI is InChI=1S/C20H23NO4/c22-20(18-6-2-1-3-7-18)25-16-17-5-4-8-19(15-17)24-14-11-21-9-12-23-13-10-21/h1-8,15H,9-14,16H2. The van der Waals surface area contributed by atoms with E-state index in [4.69, 9.17) is 14.2 Å². The molecule has 5 heteroatoms. The Labute approximate surface area is 148 Å². The molecule has 0 amide bonds. The van der Waals surface area contributed by atoms with Gasteiger partial charge >= 0.3 is 5.97 Å². The molecule has 5 nitrogen and oxygen atoms in total. The molecule has 0 aromatic heterocycles. The highest BCUT2D eigenvalue weighted by Crippen LogP contribution is 2.15. The Bertz CT molecular complexity index is 668. The van der Waals surface area contributed by atoms with E-state index in [1.54, 1.807) is 12.1 Å². The van der Waals surface area contributed by atoms with E-state index >= 15 is 0 Å². The van der Waals surface area contributed by atoms with Crippen LogP contribution in [-0.4, -0.2) is 50.3 Å². The van der Waals surface area contributed by atoms with Crippen molar-refractivity contribution in [2.45, 2.75) is 6.61 Å². The number of nitrogens with zero attached hydrogens (tertiary/aromatic N) is 1. The topological polar surface area (TPSA) is 48.0 Å². The van der Waals surface area contributed by atoms with Crippen molar-refractivity contribution in [3.8, 4) is 5.75 Å². The summed E-state index contributed by atoms with van der Waals surface area (Å²) in [6.45, 7) is 5.25. The summed E-state index contributed by atoms with van der Waals surface area (Å²) in [6, 6.07) is 16.7. The number of morpholine rings is 1. The van der Waals surface area contributed by atoms with E-state index in [1.807, 2.05) is 42.5 Å². The quantitative estimate of drug-likeness (QED) is 0.725. The molecule has 0 unspecified atom stereocenters. The van der Waals surface area contributed by atoms with E-state index in [0.29, 0.717) is 12.2 Å². The molecule has 132 valence electrons. The minimum Gasteiger partial charge on any atom is -0.492 e. The summed E-state index contributed by atoms with van der Waals surface area (Å²) in [5.41, 5.74) is 1.47. The summed E-state index contributed by atoms with van der Waals surface area (Å²) in [4.78, 5) is 14.3. The molecule has 0 spiro atoms. The molecular weight excluding hydrogens is 318 g/mol. The zero-order chi connectivity index (χ0) is 17.3. The molecule has 0 aliphatic carbocycles. The van der Waals surface area contributed by atoms with Crippen molar-refractivity contribution in [1.82, 2.24) is 4.90 Å². The number of carbonyl (C=O) groups is 1. The van der Waals surface area contributed by atoms with Crippen molar-refractivity contribution in [2.24, 2.45) is 0 Å².